The highest BCUT2D eigenvalue weighted by Gasteiger charge is 2.46. The summed E-state index contributed by atoms with van der Waals surface area (Å²) in [4.78, 5) is 40.5. The molecule has 1 aromatic carbocycles. The molecule has 1 aliphatic carbocycles. The van der Waals surface area contributed by atoms with E-state index < -0.39 is 5.54 Å². The van der Waals surface area contributed by atoms with Gasteiger partial charge in [0, 0.05) is 25.7 Å². The van der Waals surface area contributed by atoms with E-state index in [1.54, 1.807) is 21.1 Å². The number of carbonyl (C=O) groups excluding carboxylic acids is 3. The van der Waals surface area contributed by atoms with Crippen molar-refractivity contribution in [1.29, 1.82) is 0 Å². The van der Waals surface area contributed by atoms with Crippen molar-refractivity contribution in [3.8, 4) is 5.75 Å². The Labute approximate surface area is 199 Å². The number of aromatic nitrogens is 2. The van der Waals surface area contributed by atoms with Crippen LogP contribution in [0.25, 0.3) is 0 Å². The van der Waals surface area contributed by atoms with Gasteiger partial charge in [-0.3, -0.25) is 19.1 Å². The highest BCUT2D eigenvalue weighted by molar-refractivity contribution is 6.01. The zero-order valence-corrected chi connectivity index (χ0v) is 20.1. The van der Waals surface area contributed by atoms with E-state index in [2.05, 4.69) is 15.7 Å². The molecule has 1 aromatic heterocycles. The molecule has 4 rings (SSSR count). The number of rotatable bonds is 7. The third-order valence-corrected chi connectivity index (χ3v) is 7.04. The van der Waals surface area contributed by atoms with Crippen molar-refractivity contribution in [1.82, 2.24) is 25.3 Å². The van der Waals surface area contributed by atoms with Gasteiger partial charge in [-0.05, 0) is 37.8 Å². The van der Waals surface area contributed by atoms with Gasteiger partial charge in [0.1, 0.15) is 17.0 Å². The lowest BCUT2D eigenvalue weighted by Crippen LogP contribution is -2.63. The second-order valence-electron chi connectivity index (χ2n) is 9.34. The number of fused-ring (bicyclic) bond motifs is 1. The van der Waals surface area contributed by atoms with Gasteiger partial charge in [-0.2, -0.15) is 5.10 Å². The number of hydrogen-bond donors (Lipinski definition) is 2. The molecule has 1 aliphatic heterocycles. The highest BCUT2D eigenvalue weighted by Crippen LogP contribution is 2.27. The maximum absolute atomic E-state index is 13.2. The van der Waals surface area contributed by atoms with E-state index in [0.29, 0.717) is 18.7 Å². The predicted octanol–water partition coefficient (Wildman–Crippen LogP) is 2.16. The summed E-state index contributed by atoms with van der Waals surface area (Å²) in [5, 5.41) is 10.4. The Kier molecular flexibility index (Phi) is 6.90. The van der Waals surface area contributed by atoms with Crippen LogP contribution in [0.15, 0.2) is 30.3 Å². The molecule has 9 heteroatoms. The minimum absolute atomic E-state index is 0.144. The first kappa shape index (κ1) is 23.8. The molecule has 2 aliphatic rings. The summed E-state index contributed by atoms with van der Waals surface area (Å²) >= 11 is 0. The van der Waals surface area contributed by atoms with E-state index in [1.807, 2.05) is 24.3 Å². The first-order valence-corrected chi connectivity index (χ1v) is 11.9. The van der Waals surface area contributed by atoms with E-state index in [0.717, 1.165) is 37.0 Å². The van der Waals surface area contributed by atoms with Crippen molar-refractivity contribution in [2.24, 2.45) is 0 Å². The molecule has 9 nitrogen and oxygen atoms in total. The summed E-state index contributed by atoms with van der Waals surface area (Å²) in [5.41, 5.74) is 0.380. The molecule has 34 heavy (non-hydrogen) atoms. The summed E-state index contributed by atoms with van der Waals surface area (Å²) in [6.45, 7) is 2.34. The van der Waals surface area contributed by atoms with E-state index in [-0.39, 0.29) is 36.0 Å². The molecule has 2 aromatic rings. The number of carbonyl (C=O) groups is 3. The molecule has 0 spiro atoms. The van der Waals surface area contributed by atoms with Crippen LogP contribution in [0.4, 0.5) is 0 Å². The van der Waals surface area contributed by atoms with Gasteiger partial charge < -0.3 is 20.3 Å². The van der Waals surface area contributed by atoms with Crippen LogP contribution in [-0.2, 0) is 17.8 Å². The Bertz CT molecular complexity index is 1080. The normalized spacial score (nSPS) is 20.6. The van der Waals surface area contributed by atoms with Gasteiger partial charge in [-0.15, -0.1) is 0 Å². The van der Waals surface area contributed by atoms with E-state index >= 15 is 0 Å². The van der Waals surface area contributed by atoms with Gasteiger partial charge in [0.2, 0.25) is 5.91 Å². The molecule has 2 N–H and O–H groups in total. The third-order valence-electron chi connectivity index (χ3n) is 7.04. The van der Waals surface area contributed by atoms with Gasteiger partial charge >= 0.3 is 0 Å². The van der Waals surface area contributed by atoms with Crippen molar-refractivity contribution in [2.75, 3.05) is 20.7 Å². The van der Waals surface area contributed by atoms with Gasteiger partial charge in [-0.1, -0.05) is 37.5 Å². The minimum Gasteiger partial charge on any atom is -0.496 e. The van der Waals surface area contributed by atoms with Crippen LogP contribution in [0, 0.1) is 0 Å². The fraction of sp³-hybridized carbons (Fsp3) is 0.520. The van der Waals surface area contributed by atoms with Crippen LogP contribution in [0.2, 0.25) is 0 Å². The maximum Gasteiger partial charge on any atom is 0.272 e. The molecule has 1 atom stereocenters. The maximum atomic E-state index is 13.2. The largest absolute Gasteiger partial charge is 0.496 e. The summed E-state index contributed by atoms with van der Waals surface area (Å²) in [5.74, 6) is -0.0958. The molecule has 0 bridgehead atoms. The topological polar surface area (TPSA) is 106 Å². The highest BCUT2D eigenvalue weighted by atomic mass is 16.5. The van der Waals surface area contributed by atoms with Crippen LogP contribution >= 0.6 is 0 Å². The number of amides is 3. The third kappa shape index (κ3) is 4.64. The van der Waals surface area contributed by atoms with Gasteiger partial charge in [0.25, 0.3) is 11.8 Å². The average molecular weight is 468 g/mol. The molecule has 1 fully saturated rings. The molecule has 1 saturated carbocycles. The number of methoxy groups -OCH3 is 1. The van der Waals surface area contributed by atoms with E-state index in [4.69, 9.17) is 4.74 Å². The smallest absolute Gasteiger partial charge is 0.272 e. The van der Waals surface area contributed by atoms with Crippen LogP contribution in [0.1, 0.15) is 65.6 Å². The van der Waals surface area contributed by atoms with Crippen molar-refractivity contribution in [2.45, 2.75) is 63.6 Å². The predicted molar refractivity (Wildman–Crippen MR) is 127 cm³/mol. The van der Waals surface area contributed by atoms with Crippen LogP contribution in [0.3, 0.4) is 0 Å². The van der Waals surface area contributed by atoms with Gasteiger partial charge in [0.05, 0.1) is 13.7 Å². The minimum atomic E-state index is -1.08. The standard InChI is InChI=1S/C25H33N5O4/c1-25(24(33)27-18-10-5-4-6-11-18)16-30-20(23(32)29(25)2)15-19(28-30)22(31)26-14-13-17-9-7-8-12-21(17)34-3/h7-9,12,15,18H,4-6,10-11,13-14,16H2,1-3H3,(H,26,31)(H,27,33)/t25-/m0/s1. The zero-order chi connectivity index (χ0) is 24.3. The summed E-state index contributed by atoms with van der Waals surface area (Å²) in [6, 6.07) is 9.29. The molecule has 3 amide bonds. The first-order valence-electron chi connectivity index (χ1n) is 11.9. The molecule has 0 radical (unpaired) electrons. The number of nitrogens with zero attached hydrogens (tertiary/aromatic N) is 3. The Balaban J connectivity index is 1.43. The van der Waals surface area contributed by atoms with E-state index in [1.165, 1.54) is 22.1 Å². The number of para-hydroxylation sites is 1. The molecular formula is C25H33N5O4. The van der Waals surface area contributed by atoms with Crippen molar-refractivity contribution < 1.29 is 19.1 Å². The van der Waals surface area contributed by atoms with Crippen molar-refractivity contribution in [3.63, 3.8) is 0 Å². The fourth-order valence-corrected chi connectivity index (χ4v) is 4.74. The average Bonchev–Trinajstić information content (AvgIpc) is 3.27. The second kappa shape index (κ2) is 9.87. The lowest BCUT2D eigenvalue weighted by Gasteiger charge is -2.41. The number of likely N-dealkylation sites (N-methyl/N-ethyl adjacent to an activating group) is 1. The Morgan fingerprint density at radius 3 is 2.68 bits per heavy atom. The lowest BCUT2D eigenvalue weighted by molar-refractivity contribution is -0.133. The first-order chi connectivity index (χ1) is 16.3. The van der Waals surface area contributed by atoms with Gasteiger partial charge in [-0.25, -0.2) is 0 Å². The SMILES string of the molecule is COc1ccccc1CCNC(=O)c1cc2n(n1)C[C@@](C)(C(=O)NC1CCCCC1)N(C)C2=O. The monoisotopic (exact) mass is 467 g/mol. The molecule has 2 heterocycles. The fourth-order valence-electron chi connectivity index (χ4n) is 4.74. The van der Waals surface area contributed by atoms with Crippen molar-refractivity contribution in [3.05, 3.63) is 47.3 Å². The van der Waals surface area contributed by atoms with Crippen molar-refractivity contribution >= 4 is 17.7 Å². The van der Waals surface area contributed by atoms with Crippen LogP contribution in [0.5, 0.6) is 5.75 Å². The molecule has 182 valence electrons. The van der Waals surface area contributed by atoms with Crippen LogP contribution < -0.4 is 15.4 Å². The van der Waals surface area contributed by atoms with E-state index in [9.17, 15) is 14.4 Å². The quantitative estimate of drug-likeness (QED) is 0.649. The summed E-state index contributed by atoms with van der Waals surface area (Å²) in [6.07, 6.45) is 5.94. The number of hydrogen-bond acceptors (Lipinski definition) is 5. The van der Waals surface area contributed by atoms with Gasteiger partial charge in [0.15, 0.2) is 5.69 Å². The number of nitrogens with one attached hydrogen (secondary N) is 2. The molecular weight excluding hydrogens is 434 g/mol. The number of ether oxygens (including phenoxy) is 1. The second-order valence-corrected chi connectivity index (χ2v) is 9.34. The Morgan fingerprint density at radius 1 is 1.21 bits per heavy atom. The molecule has 0 unspecified atom stereocenters. The lowest BCUT2D eigenvalue weighted by atomic mass is 9.92. The Hall–Kier alpha value is -3.36. The van der Waals surface area contributed by atoms with Crippen LogP contribution in [-0.4, -0.2) is 64.7 Å². The summed E-state index contributed by atoms with van der Waals surface area (Å²) in [7, 11) is 3.25. The zero-order valence-electron chi connectivity index (χ0n) is 20.1. The Morgan fingerprint density at radius 2 is 1.94 bits per heavy atom. The molecule has 0 saturated heterocycles. The number of benzene rings is 1. The summed E-state index contributed by atoms with van der Waals surface area (Å²) < 4.78 is 6.83.